The van der Waals surface area contributed by atoms with E-state index in [1.54, 1.807) is 14.1 Å². The Morgan fingerprint density at radius 1 is 1.38 bits per heavy atom. The highest BCUT2D eigenvalue weighted by atomic mass is 16.6. The van der Waals surface area contributed by atoms with Crippen molar-refractivity contribution in [2.24, 2.45) is 5.92 Å². The van der Waals surface area contributed by atoms with Crippen LogP contribution in [0.1, 0.15) is 43.2 Å². The van der Waals surface area contributed by atoms with Gasteiger partial charge in [-0.1, -0.05) is 25.0 Å². The molecule has 140 valence electrons. The molecule has 0 unspecified atom stereocenters. The van der Waals surface area contributed by atoms with Crippen molar-refractivity contribution in [2.75, 3.05) is 27.2 Å². The maximum Gasteiger partial charge on any atom is 0.414 e. The number of nitrogens with zero attached hydrogens (tertiary/aromatic N) is 2. The number of amides is 1. The second-order valence-corrected chi connectivity index (χ2v) is 8.39. The van der Waals surface area contributed by atoms with Gasteiger partial charge >= 0.3 is 6.09 Å². The summed E-state index contributed by atoms with van der Waals surface area (Å²) in [5, 5.41) is 0. The van der Waals surface area contributed by atoms with Crippen LogP contribution in [0.15, 0.2) is 30.9 Å². The summed E-state index contributed by atoms with van der Waals surface area (Å²) in [5.41, 5.74) is 3.18. The third-order valence-electron chi connectivity index (χ3n) is 6.86. The van der Waals surface area contributed by atoms with Crippen LogP contribution in [0.3, 0.4) is 0 Å². The normalized spacial score (nSPS) is 30.1. The smallest absolute Gasteiger partial charge is 0.410 e. The van der Waals surface area contributed by atoms with Gasteiger partial charge in [0.1, 0.15) is 5.75 Å². The van der Waals surface area contributed by atoms with Crippen molar-refractivity contribution < 1.29 is 9.53 Å². The first kappa shape index (κ1) is 17.6. The highest BCUT2D eigenvalue weighted by molar-refractivity contribution is 5.70. The van der Waals surface area contributed by atoms with Gasteiger partial charge in [-0.15, -0.1) is 6.58 Å². The minimum absolute atomic E-state index is 0.273. The van der Waals surface area contributed by atoms with Crippen molar-refractivity contribution >= 4 is 6.09 Å². The van der Waals surface area contributed by atoms with Crippen LogP contribution in [0.25, 0.3) is 0 Å². The van der Waals surface area contributed by atoms with E-state index in [-0.39, 0.29) is 11.5 Å². The number of fused-ring (bicyclic) bond motifs is 1. The van der Waals surface area contributed by atoms with Crippen LogP contribution in [0.2, 0.25) is 0 Å². The van der Waals surface area contributed by atoms with Crippen LogP contribution in [0.5, 0.6) is 5.75 Å². The number of rotatable bonds is 3. The van der Waals surface area contributed by atoms with E-state index in [0.29, 0.717) is 11.8 Å². The molecular formula is C22H30N2O2. The molecule has 3 atom stereocenters. The molecule has 4 heteroatoms. The molecule has 0 radical (unpaired) electrons. The highest BCUT2D eigenvalue weighted by Crippen LogP contribution is 2.56. The standard InChI is InChI=1S/C22H30N2O2/c1-4-12-24-13-11-22-10-6-5-7-18(22)20(24)14-16-8-9-17(15-19(16)22)26-21(25)23(2)3/h4,8-9,15,18,20H,1,5-7,10-14H2,2-3H3/t18-,20+,22-/m0/s1. The fourth-order valence-electron chi connectivity index (χ4n) is 5.71. The quantitative estimate of drug-likeness (QED) is 0.770. The molecule has 0 spiro atoms. The minimum Gasteiger partial charge on any atom is -0.410 e. The zero-order chi connectivity index (χ0) is 18.3. The molecule has 1 saturated heterocycles. The average molecular weight is 354 g/mol. The number of hydrogen-bond acceptors (Lipinski definition) is 3. The van der Waals surface area contributed by atoms with E-state index in [0.717, 1.165) is 25.4 Å². The Labute approximate surface area is 156 Å². The molecule has 1 aromatic rings. The van der Waals surface area contributed by atoms with Gasteiger partial charge in [0.2, 0.25) is 0 Å². The number of carbonyl (C=O) groups is 1. The second kappa shape index (κ2) is 6.73. The highest BCUT2D eigenvalue weighted by Gasteiger charge is 2.53. The average Bonchev–Trinajstić information content (AvgIpc) is 2.64. The van der Waals surface area contributed by atoms with Crippen LogP contribution >= 0.6 is 0 Å². The lowest BCUT2D eigenvalue weighted by Crippen LogP contribution is -2.60. The molecule has 1 aromatic carbocycles. The molecule has 1 amide bonds. The van der Waals surface area contributed by atoms with E-state index in [1.807, 2.05) is 6.07 Å². The number of carbonyl (C=O) groups excluding carboxylic acids is 1. The van der Waals surface area contributed by atoms with Crippen LogP contribution in [-0.4, -0.2) is 49.1 Å². The maximum absolute atomic E-state index is 12.0. The summed E-state index contributed by atoms with van der Waals surface area (Å²) in [5.74, 6) is 1.41. The largest absolute Gasteiger partial charge is 0.414 e. The van der Waals surface area contributed by atoms with Gasteiger partial charge < -0.3 is 9.64 Å². The van der Waals surface area contributed by atoms with E-state index in [2.05, 4.69) is 29.7 Å². The summed E-state index contributed by atoms with van der Waals surface area (Å²) in [6.45, 7) is 6.10. The maximum atomic E-state index is 12.0. The Morgan fingerprint density at radius 3 is 3.00 bits per heavy atom. The number of piperidine rings is 1. The Hall–Kier alpha value is -1.81. The summed E-state index contributed by atoms with van der Waals surface area (Å²) in [6.07, 6.45) is 9.30. The lowest BCUT2D eigenvalue weighted by atomic mass is 9.52. The summed E-state index contributed by atoms with van der Waals surface area (Å²) >= 11 is 0. The van der Waals surface area contributed by atoms with Gasteiger partial charge in [-0.25, -0.2) is 4.79 Å². The van der Waals surface area contributed by atoms with Crippen molar-refractivity contribution in [3.05, 3.63) is 42.0 Å². The van der Waals surface area contributed by atoms with E-state index < -0.39 is 0 Å². The zero-order valence-electron chi connectivity index (χ0n) is 16.0. The molecule has 2 aliphatic carbocycles. The molecule has 2 fully saturated rings. The molecule has 2 bridgehead atoms. The minimum atomic E-state index is -0.308. The third-order valence-corrected chi connectivity index (χ3v) is 6.86. The molecule has 0 aromatic heterocycles. The molecule has 1 heterocycles. The molecule has 3 aliphatic rings. The first-order chi connectivity index (χ1) is 12.5. The predicted molar refractivity (Wildman–Crippen MR) is 104 cm³/mol. The second-order valence-electron chi connectivity index (χ2n) is 8.39. The van der Waals surface area contributed by atoms with Crippen LogP contribution in [0.4, 0.5) is 4.79 Å². The van der Waals surface area contributed by atoms with Gasteiger partial charge in [-0.05, 0) is 61.4 Å². The Bertz CT molecular complexity index is 714. The van der Waals surface area contributed by atoms with E-state index in [9.17, 15) is 4.79 Å². The van der Waals surface area contributed by atoms with E-state index in [4.69, 9.17) is 4.74 Å². The zero-order valence-corrected chi connectivity index (χ0v) is 16.0. The molecule has 4 rings (SSSR count). The number of likely N-dealkylation sites (tertiary alicyclic amines) is 1. The van der Waals surface area contributed by atoms with Gasteiger partial charge in [0.15, 0.2) is 0 Å². The fourth-order valence-corrected chi connectivity index (χ4v) is 5.71. The number of benzene rings is 1. The molecule has 4 nitrogen and oxygen atoms in total. The molecule has 1 aliphatic heterocycles. The first-order valence-electron chi connectivity index (χ1n) is 9.92. The lowest BCUT2D eigenvalue weighted by Gasteiger charge is -2.59. The first-order valence-corrected chi connectivity index (χ1v) is 9.92. The summed E-state index contributed by atoms with van der Waals surface area (Å²) in [6, 6.07) is 6.97. The number of ether oxygens (including phenoxy) is 1. The van der Waals surface area contributed by atoms with Crippen molar-refractivity contribution in [3.63, 3.8) is 0 Å². The Balaban J connectivity index is 1.72. The van der Waals surface area contributed by atoms with E-state index in [1.165, 1.54) is 48.1 Å². The summed E-state index contributed by atoms with van der Waals surface area (Å²) in [4.78, 5) is 16.1. The predicted octanol–water partition coefficient (Wildman–Crippen LogP) is 3.99. The fraction of sp³-hybridized carbons (Fsp3) is 0.591. The monoisotopic (exact) mass is 354 g/mol. The Kier molecular flexibility index (Phi) is 4.55. The van der Waals surface area contributed by atoms with Crippen LogP contribution in [0, 0.1) is 5.92 Å². The summed E-state index contributed by atoms with van der Waals surface area (Å²) in [7, 11) is 3.44. The lowest BCUT2D eigenvalue weighted by molar-refractivity contribution is -0.00517. The van der Waals surface area contributed by atoms with Gasteiger partial charge in [-0.3, -0.25) is 4.90 Å². The SMILES string of the molecule is C=CCN1CC[C@@]23CCCC[C@H]2[C@H]1Cc1ccc(OC(=O)N(C)C)cc13. The molecule has 1 saturated carbocycles. The third kappa shape index (κ3) is 2.75. The van der Waals surface area contributed by atoms with Gasteiger partial charge in [0.25, 0.3) is 0 Å². The van der Waals surface area contributed by atoms with Crippen molar-refractivity contribution in [3.8, 4) is 5.75 Å². The molecule has 26 heavy (non-hydrogen) atoms. The Morgan fingerprint density at radius 2 is 2.23 bits per heavy atom. The van der Waals surface area contributed by atoms with Crippen LogP contribution in [-0.2, 0) is 11.8 Å². The van der Waals surface area contributed by atoms with Crippen LogP contribution < -0.4 is 4.74 Å². The molecule has 0 N–H and O–H groups in total. The summed E-state index contributed by atoms with van der Waals surface area (Å²) < 4.78 is 5.58. The van der Waals surface area contributed by atoms with Crippen molar-refractivity contribution in [1.82, 2.24) is 9.80 Å². The van der Waals surface area contributed by atoms with Gasteiger partial charge in [-0.2, -0.15) is 0 Å². The van der Waals surface area contributed by atoms with Crippen molar-refractivity contribution in [1.29, 1.82) is 0 Å². The van der Waals surface area contributed by atoms with E-state index >= 15 is 0 Å². The number of hydrogen-bond donors (Lipinski definition) is 0. The van der Waals surface area contributed by atoms with Gasteiger partial charge in [0, 0.05) is 32.1 Å². The van der Waals surface area contributed by atoms with Gasteiger partial charge in [0.05, 0.1) is 0 Å². The topological polar surface area (TPSA) is 32.8 Å². The van der Waals surface area contributed by atoms with Crippen molar-refractivity contribution in [2.45, 2.75) is 50.0 Å². The molecular weight excluding hydrogens is 324 g/mol.